The third-order valence-corrected chi connectivity index (χ3v) is 12.8. The van der Waals surface area contributed by atoms with Crippen molar-refractivity contribution in [3.63, 3.8) is 0 Å². The van der Waals surface area contributed by atoms with E-state index in [1.54, 1.807) is 49.1 Å². The zero-order chi connectivity index (χ0) is 46.2. The van der Waals surface area contributed by atoms with Gasteiger partial charge in [-0.15, -0.1) is 0 Å². The Morgan fingerprint density at radius 1 is 0.438 bits per heavy atom. The van der Waals surface area contributed by atoms with E-state index >= 15 is 0 Å². The standard InChI is InChI=1S/2C15H17BClNO2.2C9H6ClNO/c1-14(2)15(3,4)20-16(19-14)12-8-10(17)9-13-11(12)6-5-7-18-13;1-14(2)15(3,4)20-16(19-14)10-8-12(17)11-6-5-7-18-13(11)9-10;10-8-4-6(12)5-9-7(8)2-1-3-11-9;10-6-4-8-7(9(12)5-6)2-1-3-11-8/h2*5-9H,1-4H3;2*1-5,12H. The third kappa shape index (κ3) is 10.2. The molecule has 0 unspecified atom stereocenters. The Hall–Kier alpha value is -4.75. The van der Waals surface area contributed by atoms with Crippen LogP contribution in [0.4, 0.5) is 0 Å². The van der Waals surface area contributed by atoms with E-state index < -0.39 is 14.2 Å². The van der Waals surface area contributed by atoms with E-state index in [4.69, 9.17) is 65.0 Å². The number of phenolic OH excluding ortho intramolecular Hbond substituents is 2. The molecule has 2 saturated heterocycles. The average molecular weight is 938 g/mol. The quantitative estimate of drug-likeness (QED) is 0.162. The third-order valence-electron chi connectivity index (χ3n) is 11.8. The maximum atomic E-state index is 9.43. The van der Waals surface area contributed by atoms with Gasteiger partial charge in [-0.3, -0.25) is 19.9 Å². The zero-order valence-electron chi connectivity index (χ0n) is 36.5. The Labute approximate surface area is 393 Å². The van der Waals surface area contributed by atoms with Crippen LogP contribution in [-0.2, 0) is 18.6 Å². The Morgan fingerprint density at radius 3 is 1.34 bits per heavy atom. The summed E-state index contributed by atoms with van der Waals surface area (Å²) in [7, 11) is -0.839. The summed E-state index contributed by atoms with van der Waals surface area (Å²) >= 11 is 24.1. The maximum Gasteiger partial charge on any atom is 0.495 e. The maximum absolute atomic E-state index is 9.43. The largest absolute Gasteiger partial charge is 0.508 e. The lowest BCUT2D eigenvalue weighted by atomic mass is 9.76. The molecule has 6 heterocycles. The molecular formula is C48H46B2Cl4N4O6. The smallest absolute Gasteiger partial charge is 0.495 e. The van der Waals surface area contributed by atoms with E-state index in [9.17, 15) is 10.2 Å². The van der Waals surface area contributed by atoms with E-state index in [1.807, 2.05) is 116 Å². The van der Waals surface area contributed by atoms with Crippen molar-refractivity contribution in [1.29, 1.82) is 0 Å². The van der Waals surface area contributed by atoms with Crippen molar-refractivity contribution in [3.8, 4) is 11.5 Å². The van der Waals surface area contributed by atoms with Crippen LogP contribution in [0, 0.1) is 0 Å². The van der Waals surface area contributed by atoms with Gasteiger partial charge >= 0.3 is 14.2 Å². The van der Waals surface area contributed by atoms with Gasteiger partial charge in [-0.2, -0.15) is 0 Å². The Morgan fingerprint density at radius 2 is 0.828 bits per heavy atom. The molecule has 8 aromatic rings. The molecule has 0 bridgehead atoms. The summed E-state index contributed by atoms with van der Waals surface area (Å²) in [4.78, 5) is 16.8. The summed E-state index contributed by atoms with van der Waals surface area (Å²) in [5.41, 5.74) is 3.51. The highest BCUT2D eigenvalue weighted by molar-refractivity contribution is 6.65. The number of fused-ring (bicyclic) bond motifs is 4. The lowest BCUT2D eigenvalue weighted by Gasteiger charge is -2.32. The van der Waals surface area contributed by atoms with Crippen LogP contribution in [0.3, 0.4) is 0 Å². The fraction of sp³-hybridized carbons (Fsp3) is 0.250. The topological polar surface area (TPSA) is 129 Å². The Kier molecular flexibility index (Phi) is 13.7. The summed E-state index contributed by atoms with van der Waals surface area (Å²) in [5.74, 6) is 0.316. The number of benzene rings is 4. The van der Waals surface area contributed by atoms with Crippen molar-refractivity contribution in [2.75, 3.05) is 0 Å². The van der Waals surface area contributed by atoms with Gasteiger partial charge in [-0.05, 0) is 151 Å². The van der Waals surface area contributed by atoms with Gasteiger partial charge in [0.15, 0.2) is 0 Å². The van der Waals surface area contributed by atoms with E-state index in [0.717, 1.165) is 43.5 Å². The second-order valence-corrected chi connectivity index (χ2v) is 19.0. The number of hydrogen-bond donors (Lipinski definition) is 2. The molecule has 0 amide bonds. The molecule has 4 aromatic carbocycles. The van der Waals surface area contributed by atoms with Crippen LogP contribution >= 0.6 is 46.4 Å². The molecule has 0 spiro atoms. The normalized spacial score (nSPS) is 16.8. The van der Waals surface area contributed by atoms with Gasteiger partial charge in [0.05, 0.1) is 49.5 Å². The molecule has 0 saturated carbocycles. The van der Waals surface area contributed by atoms with Crippen molar-refractivity contribution in [2.24, 2.45) is 0 Å². The summed E-state index contributed by atoms with van der Waals surface area (Å²) in [6.07, 6.45) is 6.84. The molecule has 16 heteroatoms. The fourth-order valence-corrected chi connectivity index (χ4v) is 7.85. The SMILES string of the molecule is CC1(C)OB(c2cc(Cl)c3cccnc3c2)OC1(C)C.CC1(C)OB(c2cc(Cl)cc3ncccc23)OC1(C)C.Oc1cc(Cl)c2cccnc2c1.Oc1cc(Cl)cc2ncccc12. The molecule has 10 nitrogen and oxygen atoms in total. The van der Waals surface area contributed by atoms with Gasteiger partial charge in [-0.1, -0.05) is 52.5 Å². The lowest BCUT2D eigenvalue weighted by molar-refractivity contribution is 0.00578. The minimum Gasteiger partial charge on any atom is -0.508 e. The van der Waals surface area contributed by atoms with Gasteiger partial charge in [0.1, 0.15) is 11.5 Å². The predicted octanol–water partition coefficient (Wildman–Crippen LogP) is 11.6. The molecular weight excluding hydrogens is 892 g/mol. The van der Waals surface area contributed by atoms with Gasteiger partial charge < -0.3 is 28.8 Å². The highest BCUT2D eigenvalue weighted by atomic mass is 35.5. The Bertz CT molecular complexity index is 2870. The first-order valence-corrected chi connectivity index (χ1v) is 21.9. The molecule has 2 N–H and O–H groups in total. The number of aromatic nitrogens is 4. The predicted molar refractivity (Wildman–Crippen MR) is 262 cm³/mol. The summed E-state index contributed by atoms with van der Waals surface area (Å²) in [6.45, 7) is 16.3. The second-order valence-electron chi connectivity index (χ2n) is 17.3. The molecule has 64 heavy (non-hydrogen) atoms. The molecule has 2 aliphatic rings. The summed E-state index contributed by atoms with van der Waals surface area (Å²) in [5, 5.41) is 24.5. The number of hydrogen-bond acceptors (Lipinski definition) is 10. The first-order valence-electron chi connectivity index (χ1n) is 20.4. The van der Waals surface area contributed by atoms with Crippen LogP contribution in [0.5, 0.6) is 11.5 Å². The van der Waals surface area contributed by atoms with Gasteiger partial charge in [0.2, 0.25) is 0 Å². The molecule has 0 radical (unpaired) electrons. The molecule has 328 valence electrons. The number of pyridine rings is 4. The van der Waals surface area contributed by atoms with Crippen molar-refractivity contribution in [2.45, 2.75) is 77.8 Å². The van der Waals surface area contributed by atoms with Crippen molar-refractivity contribution < 1.29 is 28.8 Å². The van der Waals surface area contributed by atoms with Gasteiger partial charge in [0.25, 0.3) is 0 Å². The van der Waals surface area contributed by atoms with Crippen LogP contribution in [0.15, 0.2) is 122 Å². The highest BCUT2D eigenvalue weighted by Gasteiger charge is 2.53. The number of phenols is 2. The van der Waals surface area contributed by atoms with Crippen molar-refractivity contribution in [1.82, 2.24) is 19.9 Å². The Balaban J connectivity index is 0.000000131. The average Bonchev–Trinajstić information content (AvgIpc) is 3.60. The minimum atomic E-state index is -0.426. The first kappa shape index (κ1) is 47.2. The zero-order valence-corrected chi connectivity index (χ0v) is 39.6. The fourth-order valence-electron chi connectivity index (χ4n) is 6.87. The minimum absolute atomic E-state index is 0.145. The van der Waals surface area contributed by atoms with E-state index in [0.29, 0.717) is 31.1 Å². The number of rotatable bonds is 2. The first-order chi connectivity index (χ1) is 30.1. The van der Waals surface area contributed by atoms with Crippen molar-refractivity contribution >= 4 is 115 Å². The number of nitrogens with zero attached hydrogens (tertiary/aromatic N) is 4. The summed E-state index contributed by atoms with van der Waals surface area (Å²) < 4.78 is 24.3. The van der Waals surface area contributed by atoms with Crippen LogP contribution in [0.25, 0.3) is 43.6 Å². The lowest BCUT2D eigenvalue weighted by Crippen LogP contribution is -2.41. The highest BCUT2D eigenvalue weighted by Crippen LogP contribution is 2.38. The van der Waals surface area contributed by atoms with E-state index in [1.165, 1.54) is 12.1 Å². The van der Waals surface area contributed by atoms with Crippen LogP contribution in [0.2, 0.25) is 20.1 Å². The molecule has 2 fully saturated rings. The molecule has 0 aliphatic carbocycles. The number of halogens is 4. The van der Waals surface area contributed by atoms with Gasteiger partial charge in [0, 0.05) is 67.5 Å². The summed E-state index contributed by atoms with van der Waals surface area (Å²) in [6, 6.07) is 28.9. The van der Waals surface area contributed by atoms with Crippen molar-refractivity contribution in [3.05, 3.63) is 142 Å². The van der Waals surface area contributed by atoms with Crippen LogP contribution < -0.4 is 10.9 Å². The van der Waals surface area contributed by atoms with Crippen LogP contribution in [0.1, 0.15) is 55.4 Å². The van der Waals surface area contributed by atoms with E-state index in [-0.39, 0.29) is 33.9 Å². The molecule has 0 atom stereocenters. The second kappa shape index (κ2) is 18.6. The van der Waals surface area contributed by atoms with Crippen LogP contribution in [-0.4, -0.2) is 66.8 Å². The molecule has 10 rings (SSSR count). The molecule has 4 aromatic heterocycles. The number of aromatic hydroxyl groups is 2. The van der Waals surface area contributed by atoms with Gasteiger partial charge in [-0.25, -0.2) is 0 Å². The molecule has 2 aliphatic heterocycles. The van der Waals surface area contributed by atoms with E-state index in [2.05, 4.69) is 19.9 Å². The monoisotopic (exact) mass is 936 g/mol.